The molecule has 1 aliphatic rings. The fraction of sp³-hybridized carbons (Fsp3) is 0.310. The monoisotopic (exact) mass is 496 g/mol. The Morgan fingerprint density at radius 1 is 1.11 bits per heavy atom. The van der Waals surface area contributed by atoms with Gasteiger partial charge in [-0.1, -0.05) is 18.2 Å². The van der Waals surface area contributed by atoms with E-state index in [4.69, 9.17) is 4.98 Å². The number of pyridine rings is 1. The van der Waals surface area contributed by atoms with Gasteiger partial charge in [0.05, 0.1) is 5.39 Å². The van der Waals surface area contributed by atoms with Crippen LogP contribution in [0.5, 0.6) is 0 Å². The Labute approximate surface area is 216 Å². The highest BCUT2D eigenvalue weighted by atomic mass is 16.2. The molecule has 0 saturated carbocycles. The molecule has 0 saturated heterocycles. The van der Waals surface area contributed by atoms with Crippen LogP contribution in [0.15, 0.2) is 59.7 Å². The summed E-state index contributed by atoms with van der Waals surface area (Å²) in [5.41, 5.74) is 5.76. The average molecular weight is 497 g/mol. The van der Waals surface area contributed by atoms with Gasteiger partial charge in [-0.25, -0.2) is 4.98 Å². The van der Waals surface area contributed by atoms with Crippen molar-refractivity contribution in [1.29, 1.82) is 0 Å². The number of aryl methyl sites for hydroxylation is 3. The predicted molar refractivity (Wildman–Crippen MR) is 147 cm³/mol. The second-order valence-corrected chi connectivity index (χ2v) is 9.79. The topological polar surface area (TPSA) is 92.2 Å². The summed E-state index contributed by atoms with van der Waals surface area (Å²) in [7, 11) is 5.67. The molecule has 0 spiro atoms. The Morgan fingerprint density at radius 3 is 2.76 bits per heavy atom. The van der Waals surface area contributed by atoms with Gasteiger partial charge in [0.15, 0.2) is 5.65 Å². The van der Waals surface area contributed by atoms with Crippen LogP contribution in [0.4, 0.5) is 11.6 Å². The molecule has 2 aromatic heterocycles. The molecule has 1 amide bonds. The average Bonchev–Trinajstić information content (AvgIpc) is 3.36. The number of carbonyl (C=O) groups excluding carboxylic acids is 1. The van der Waals surface area contributed by atoms with E-state index < -0.39 is 5.91 Å². The minimum atomic E-state index is -0.435. The zero-order valence-electron chi connectivity index (χ0n) is 21.5. The zero-order chi connectivity index (χ0) is 25.9. The van der Waals surface area contributed by atoms with E-state index in [-0.39, 0.29) is 11.0 Å². The van der Waals surface area contributed by atoms with Gasteiger partial charge in [-0.15, -0.1) is 0 Å². The first-order chi connectivity index (χ1) is 17.9. The quantitative estimate of drug-likeness (QED) is 0.385. The number of nitrogens with zero attached hydrogens (tertiary/aromatic N) is 4. The summed E-state index contributed by atoms with van der Waals surface area (Å²) in [4.78, 5) is 37.1. The summed E-state index contributed by atoms with van der Waals surface area (Å²) in [6.45, 7) is 1.03. The van der Waals surface area contributed by atoms with Crippen LogP contribution in [0.25, 0.3) is 16.7 Å². The molecular formula is C29H32N6O2. The highest BCUT2D eigenvalue weighted by Crippen LogP contribution is 2.26. The van der Waals surface area contributed by atoms with E-state index in [0.29, 0.717) is 17.0 Å². The first kappa shape index (κ1) is 24.6. The Morgan fingerprint density at radius 2 is 1.95 bits per heavy atom. The summed E-state index contributed by atoms with van der Waals surface area (Å²) in [5.74, 6) is -0.0463. The van der Waals surface area contributed by atoms with Crippen molar-refractivity contribution >= 4 is 28.6 Å². The molecule has 0 fully saturated rings. The molecule has 8 nitrogen and oxygen atoms in total. The van der Waals surface area contributed by atoms with Crippen LogP contribution >= 0.6 is 0 Å². The Balaban J connectivity index is 1.54. The Bertz CT molecular complexity index is 1530. The van der Waals surface area contributed by atoms with E-state index >= 15 is 0 Å². The summed E-state index contributed by atoms with van der Waals surface area (Å²) in [6, 6.07) is 14.5. The van der Waals surface area contributed by atoms with Gasteiger partial charge in [0.2, 0.25) is 11.4 Å². The summed E-state index contributed by atoms with van der Waals surface area (Å²) in [6.07, 6.45) is 8.38. The third-order valence-corrected chi connectivity index (χ3v) is 6.83. The molecule has 37 heavy (non-hydrogen) atoms. The third-order valence-electron chi connectivity index (χ3n) is 6.83. The van der Waals surface area contributed by atoms with Crippen molar-refractivity contribution in [3.63, 3.8) is 0 Å². The molecule has 0 bridgehead atoms. The van der Waals surface area contributed by atoms with Crippen molar-refractivity contribution in [3.05, 3.63) is 87.3 Å². The number of fused-ring (bicyclic) bond motifs is 2. The largest absolute Gasteiger partial charge is 0.355 e. The van der Waals surface area contributed by atoms with E-state index in [2.05, 4.69) is 58.9 Å². The van der Waals surface area contributed by atoms with Crippen molar-refractivity contribution in [2.45, 2.75) is 32.1 Å². The summed E-state index contributed by atoms with van der Waals surface area (Å²) >= 11 is 0. The molecule has 2 heterocycles. The van der Waals surface area contributed by atoms with Crippen molar-refractivity contribution in [3.8, 4) is 5.69 Å². The summed E-state index contributed by atoms with van der Waals surface area (Å²) < 4.78 is 1.82. The van der Waals surface area contributed by atoms with Gasteiger partial charge >= 0.3 is 0 Å². The van der Waals surface area contributed by atoms with Crippen molar-refractivity contribution < 1.29 is 4.79 Å². The third kappa shape index (κ3) is 5.24. The lowest BCUT2D eigenvalue weighted by Crippen LogP contribution is -2.27. The molecular weight excluding hydrogens is 464 g/mol. The lowest BCUT2D eigenvalue weighted by atomic mass is 10.1. The maximum absolute atomic E-state index is 13.2. The van der Waals surface area contributed by atoms with E-state index in [9.17, 15) is 9.59 Å². The first-order valence-corrected chi connectivity index (χ1v) is 12.7. The number of hydrogen-bond acceptors (Lipinski definition) is 6. The number of aromatic nitrogens is 3. The predicted octanol–water partition coefficient (Wildman–Crippen LogP) is 3.87. The molecule has 0 unspecified atom stereocenters. The number of amides is 1. The van der Waals surface area contributed by atoms with Crippen LogP contribution in [0.1, 0.15) is 39.9 Å². The maximum Gasteiger partial charge on any atom is 0.256 e. The molecule has 8 heteroatoms. The van der Waals surface area contributed by atoms with Gasteiger partial charge in [0.25, 0.3) is 5.91 Å². The molecule has 0 radical (unpaired) electrons. The van der Waals surface area contributed by atoms with Crippen LogP contribution in [0.2, 0.25) is 0 Å². The van der Waals surface area contributed by atoms with Crippen molar-refractivity contribution in [2.24, 2.45) is 0 Å². The highest BCUT2D eigenvalue weighted by molar-refractivity contribution is 5.97. The standard InChI is InChI=1S/C29H32N6O2/c1-30-28(37)25-18-35(23-13-12-20-9-5-10-21(20)16-23)27-24(26(25)36)17-31-29(33-27)32-22-11-4-7-19(15-22)8-6-14-34(2)3/h4,7,11-13,15-18H,5-6,8-10,14H2,1-3H3,(H,30,37)(H,31,32,33). The zero-order valence-corrected chi connectivity index (χ0v) is 21.5. The van der Waals surface area contributed by atoms with Gasteiger partial charge in [-0.05, 0) is 93.7 Å². The molecule has 5 rings (SSSR count). The second-order valence-electron chi connectivity index (χ2n) is 9.79. The van der Waals surface area contributed by atoms with E-state index in [1.54, 1.807) is 6.20 Å². The Kier molecular flexibility index (Phi) is 7.01. The van der Waals surface area contributed by atoms with Crippen LogP contribution < -0.4 is 16.1 Å². The van der Waals surface area contributed by atoms with Crippen LogP contribution in [-0.2, 0) is 19.3 Å². The van der Waals surface area contributed by atoms with Crippen LogP contribution in [-0.4, -0.2) is 53.0 Å². The van der Waals surface area contributed by atoms with Crippen LogP contribution in [0.3, 0.4) is 0 Å². The lowest BCUT2D eigenvalue weighted by Gasteiger charge is -2.15. The van der Waals surface area contributed by atoms with E-state index in [1.165, 1.54) is 29.9 Å². The highest BCUT2D eigenvalue weighted by Gasteiger charge is 2.19. The number of carbonyl (C=O) groups is 1. The molecule has 2 aromatic carbocycles. The minimum Gasteiger partial charge on any atom is -0.355 e. The van der Waals surface area contributed by atoms with Gasteiger partial charge < -0.3 is 20.1 Å². The number of anilines is 2. The minimum absolute atomic E-state index is 0.0604. The van der Waals surface area contributed by atoms with Gasteiger partial charge in [-0.3, -0.25) is 9.59 Å². The summed E-state index contributed by atoms with van der Waals surface area (Å²) in [5, 5.41) is 6.16. The smallest absolute Gasteiger partial charge is 0.256 e. The number of hydrogen-bond donors (Lipinski definition) is 2. The molecule has 0 atom stereocenters. The fourth-order valence-corrected chi connectivity index (χ4v) is 4.91. The number of rotatable bonds is 8. The fourth-order valence-electron chi connectivity index (χ4n) is 4.91. The van der Waals surface area contributed by atoms with Gasteiger partial charge in [0, 0.05) is 30.8 Å². The first-order valence-electron chi connectivity index (χ1n) is 12.7. The van der Waals surface area contributed by atoms with Gasteiger partial charge in [-0.2, -0.15) is 4.98 Å². The van der Waals surface area contributed by atoms with Gasteiger partial charge in [0.1, 0.15) is 5.56 Å². The molecule has 190 valence electrons. The van der Waals surface area contributed by atoms with Crippen molar-refractivity contribution in [1.82, 2.24) is 24.8 Å². The van der Waals surface area contributed by atoms with Crippen LogP contribution in [0, 0.1) is 0 Å². The Hall–Kier alpha value is -4.04. The van der Waals surface area contributed by atoms with E-state index in [0.717, 1.165) is 50.0 Å². The molecule has 4 aromatic rings. The number of benzene rings is 2. The van der Waals surface area contributed by atoms with Crippen molar-refractivity contribution in [2.75, 3.05) is 33.0 Å². The number of nitrogens with one attached hydrogen (secondary N) is 2. The molecule has 1 aliphatic carbocycles. The molecule has 2 N–H and O–H groups in total. The maximum atomic E-state index is 13.2. The molecule has 0 aliphatic heterocycles. The lowest BCUT2D eigenvalue weighted by molar-refractivity contribution is 0.0961. The van der Waals surface area contributed by atoms with E-state index in [1.807, 2.05) is 22.8 Å². The second kappa shape index (κ2) is 10.5. The SMILES string of the molecule is CNC(=O)c1cn(-c2ccc3c(c2)CCC3)c2nc(Nc3cccc(CCCN(C)C)c3)ncc2c1=O. The normalized spacial score (nSPS) is 12.6.